The SMILES string of the molecule is CCCCCCCCS(=O)(=O)N[C@@H]1C(O)C(O)[C@H](O)C2COC(=O)N21. The van der Waals surface area contributed by atoms with Gasteiger partial charge in [-0.2, -0.15) is 4.72 Å². The normalized spacial score (nSPS) is 32.6. The molecule has 0 spiro atoms. The van der Waals surface area contributed by atoms with Crippen LogP contribution in [0.25, 0.3) is 0 Å². The number of hydrogen-bond acceptors (Lipinski definition) is 7. The summed E-state index contributed by atoms with van der Waals surface area (Å²) in [5.41, 5.74) is 0. The van der Waals surface area contributed by atoms with E-state index in [1.807, 2.05) is 0 Å². The summed E-state index contributed by atoms with van der Waals surface area (Å²) in [5, 5.41) is 30.0. The van der Waals surface area contributed by atoms with Gasteiger partial charge in [-0.1, -0.05) is 39.0 Å². The molecule has 0 aromatic carbocycles. The molecule has 0 aliphatic carbocycles. The van der Waals surface area contributed by atoms with Gasteiger partial charge < -0.3 is 20.1 Å². The van der Waals surface area contributed by atoms with Crippen molar-refractivity contribution in [1.82, 2.24) is 9.62 Å². The Morgan fingerprint density at radius 2 is 1.72 bits per heavy atom. The van der Waals surface area contributed by atoms with Gasteiger partial charge >= 0.3 is 6.09 Å². The standard InChI is InChI=1S/C15H28N2O7S/c1-2-3-4-5-6-7-8-25(22,23)16-14-13(20)12(19)11(18)10-9-24-15(21)17(10)14/h10-14,16,18-20H,2-9H2,1H3/t10?,11-,12?,13?,14+/m1/s1. The molecular formula is C15H28N2O7S. The number of fused-ring (bicyclic) bond motifs is 1. The molecule has 2 heterocycles. The third-order valence-corrected chi connectivity index (χ3v) is 6.16. The first-order valence-corrected chi connectivity index (χ1v) is 10.4. The molecule has 4 N–H and O–H groups in total. The summed E-state index contributed by atoms with van der Waals surface area (Å²) in [6, 6.07) is -0.896. The molecule has 2 fully saturated rings. The Morgan fingerprint density at radius 3 is 2.40 bits per heavy atom. The van der Waals surface area contributed by atoms with Crippen molar-refractivity contribution in [3.8, 4) is 0 Å². The van der Waals surface area contributed by atoms with Gasteiger partial charge in [0.1, 0.15) is 31.1 Å². The molecule has 0 saturated carbocycles. The Labute approximate surface area is 148 Å². The zero-order chi connectivity index (χ0) is 18.6. The van der Waals surface area contributed by atoms with Gasteiger partial charge in [0.25, 0.3) is 0 Å². The van der Waals surface area contributed by atoms with Gasteiger partial charge in [-0.15, -0.1) is 0 Å². The number of nitrogens with one attached hydrogen (secondary N) is 1. The Morgan fingerprint density at radius 1 is 1.08 bits per heavy atom. The lowest BCUT2D eigenvalue weighted by Gasteiger charge is -2.43. The molecule has 10 heteroatoms. The van der Waals surface area contributed by atoms with Crippen LogP contribution in [0.2, 0.25) is 0 Å². The number of amides is 1. The molecule has 0 radical (unpaired) electrons. The second kappa shape index (κ2) is 8.63. The zero-order valence-electron chi connectivity index (χ0n) is 14.4. The molecule has 3 unspecified atom stereocenters. The minimum absolute atomic E-state index is 0.130. The van der Waals surface area contributed by atoms with Crippen LogP contribution >= 0.6 is 0 Å². The van der Waals surface area contributed by atoms with E-state index in [0.29, 0.717) is 6.42 Å². The molecule has 2 rings (SSSR count). The van der Waals surface area contributed by atoms with Crippen molar-refractivity contribution in [3.63, 3.8) is 0 Å². The van der Waals surface area contributed by atoms with E-state index >= 15 is 0 Å². The second-order valence-corrected chi connectivity index (χ2v) is 8.55. The first-order chi connectivity index (χ1) is 11.8. The number of hydrogen-bond donors (Lipinski definition) is 4. The molecule has 2 saturated heterocycles. The average molecular weight is 380 g/mol. The number of aliphatic hydroxyl groups excluding tert-OH is 3. The average Bonchev–Trinajstić information content (AvgIpc) is 2.94. The van der Waals surface area contributed by atoms with E-state index in [0.717, 1.165) is 37.0 Å². The summed E-state index contributed by atoms with van der Waals surface area (Å²) in [4.78, 5) is 12.8. The Bertz CT molecular complexity index is 556. The van der Waals surface area contributed by atoms with Crippen molar-refractivity contribution in [2.75, 3.05) is 12.4 Å². The van der Waals surface area contributed by atoms with Crippen LogP contribution in [-0.2, 0) is 14.8 Å². The fourth-order valence-corrected chi connectivity index (χ4v) is 4.58. The van der Waals surface area contributed by atoms with Crippen molar-refractivity contribution in [1.29, 1.82) is 0 Å². The molecule has 25 heavy (non-hydrogen) atoms. The lowest BCUT2D eigenvalue weighted by atomic mass is 9.93. The molecule has 0 aromatic rings. The summed E-state index contributed by atoms with van der Waals surface area (Å²) in [6.07, 6.45) is -1.29. The number of sulfonamides is 1. The molecular weight excluding hydrogens is 352 g/mol. The summed E-state index contributed by atoms with van der Waals surface area (Å²) in [5.74, 6) is -0.130. The van der Waals surface area contributed by atoms with E-state index in [2.05, 4.69) is 11.6 Å². The number of unbranched alkanes of at least 4 members (excludes halogenated alkanes) is 5. The third kappa shape index (κ3) is 4.82. The lowest BCUT2D eigenvalue weighted by Crippen LogP contribution is -2.70. The van der Waals surface area contributed by atoms with Crippen LogP contribution in [0.1, 0.15) is 45.4 Å². The highest BCUT2D eigenvalue weighted by Gasteiger charge is 2.54. The number of piperidine rings is 1. The molecule has 2 aliphatic heterocycles. The number of nitrogens with zero attached hydrogens (tertiary/aromatic N) is 1. The van der Waals surface area contributed by atoms with Gasteiger partial charge in [-0.25, -0.2) is 13.2 Å². The van der Waals surface area contributed by atoms with Gasteiger partial charge in [0.15, 0.2) is 0 Å². The van der Waals surface area contributed by atoms with E-state index in [4.69, 9.17) is 4.74 Å². The van der Waals surface area contributed by atoms with E-state index in [1.54, 1.807) is 0 Å². The number of carbonyl (C=O) groups is 1. The van der Waals surface area contributed by atoms with Crippen LogP contribution in [0.15, 0.2) is 0 Å². The van der Waals surface area contributed by atoms with E-state index in [-0.39, 0.29) is 12.4 Å². The highest BCUT2D eigenvalue weighted by atomic mass is 32.2. The minimum Gasteiger partial charge on any atom is -0.447 e. The highest BCUT2D eigenvalue weighted by molar-refractivity contribution is 7.89. The Hall–Kier alpha value is -0.940. The number of cyclic esters (lactones) is 1. The van der Waals surface area contributed by atoms with Gasteiger partial charge in [-0.3, -0.25) is 4.90 Å². The maximum absolute atomic E-state index is 12.3. The largest absolute Gasteiger partial charge is 0.447 e. The molecule has 0 bridgehead atoms. The predicted molar refractivity (Wildman–Crippen MR) is 89.1 cm³/mol. The van der Waals surface area contributed by atoms with Gasteiger partial charge in [0.2, 0.25) is 10.0 Å². The number of carbonyl (C=O) groups excluding carboxylic acids is 1. The molecule has 146 valence electrons. The van der Waals surface area contributed by atoms with Gasteiger partial charge in [0, 0.05) is 0 Å². The summed E-state index contributed by atoms with van der Waals surface area (Å²) >= 11 is 0. The van der Waals surface area contributed by atoms with Crippen LogP contribution in [-0.4, -0.2) is 77.6 Å². The van der Waals surface area contributed by atoms with E-state index in [1.165, 1.54) is 0 Å². The van der Waals surface area contributed by atoms with Gasteiger partial charge in [0.05, 0.1) is 11.8 Å². The van der Waals surface area contributed by atoms with Crippen molar-refractivity contribution in [2.24, 2.45) is 0 Å². The first-order valence-electron chi connectivity index (χ1n) is 8.78. The van der Waals surface area contributed by atoms with E-state index in [9.17, 15) is 28.5 Å². The fraction of sp³-hybridized carbons (Fsp3) is 0.933. The van der Waals surface area contributed by atoms with Crippen molar-refractivity contribution >= 4 is 16.1 Å². The van der Waals surface area contributed by atoms with Crippen LogP contribution in [0, 0.1) is 0 Å². The summed E-state index contributed by atoms with van der Waals surface area (Å²) < 4.78 is 31.6. The summed E-state index contributed by atoms with van der Waals surface area (Å²) in [7, 11) is -3.76. The Balaban J connectivity index is 1.95. The quantitative estimate of drug-likeness (QED) is 0.396. The van der Waals surface area contributed by atoms with Crippen LogP contribution in [0.5, 0.6) is 0 Å². The number of ether oxygens (including phenoxy) is 1. The zero-order valence-corrected chi connectivity index (χ0v) is 15.2. The monoisotopic (exact) mass is 380 g/mol. The molecule has 2 aliphatic rings. The molecule has 9 nitrogen and oxygen atoms in total. The molecule has 0 aromatic heterocycles. The number of rotatable bonds is 9. The molecule has 1 amide bonds. The maximum Gasteiger partial charge on any atom is 0.411 e. The predicted octanol–water partition coefficient (Wildman–Crippen LogP) is -0.490. The summed E-state index contributed by atoms with van der Waals surface area (Å²) in [6.45, 7) is 1.94. The van der Waals surface area contributed by atoms with Crippen LogP contribution in [0.4, 0.5) is 4.79 Å². The van der Waals surface area contributed by atoms with Crippen LogP contribution in [0.3, 0.4) is 0 Å². The second-order valence-electron chi connectivity index (χ2n) is 6.67. The van der Waals surface area contributed by atoms with Crippen LogP contribution < -0.4 is 4.72 Å². The number of aliphatic hydroxyl groups is 3. The first kappa shape index (κ1) is 20.4. The molecule has 5 atom stereocenters. The lowest BCUT2D eigenvalue weighted by molar-refractivity contribution is -0.143. The van der Waals surface area contributed by atoms with Crippen molar-refractivity contribution < 1.29 is 33.3 Å². The fourth-order valence-electron chi connectivity index (χ4n) is 3.25. The van der Waals surface area contributed by atoms with E-state index < -0.39 is 46.6 Å². The smallest absolute Gasteiger partial charge is 0.411 e. The van der Waals surface area contributed by atoms with Gasteiger partial charge in [-0.05, 0) is 6.42 Å². The third-order valence-electron chi connectivity index (χ3n) is 4.73. The minimum atomic E-state index is -3.76. The topological polar surface area (TPSA) is 136 Å². The maximum atomic E-state index is 12.3. The van der Waals surface area contributed by atoms with Crippen molar-refractivity contribution in [3.05, 3.63) is 0 Å². The highest BCUT2D eigenvalue weighted by Crippen LogP contribution is 2.29. The van der Waals surface area contributed by atoms with Crippen molar-refractivity contribution in [2.45, 2.75) is 76.0 Å². The Kier molecular flexibility index (Phi) is 7.03.